The maximum Gasteiger partial charge on any atom is 0.355 e. The van der Waals surface area contributed by atoms with Gasteiger partial charge in [-0.05, 0) is 26.0 Å². The van der Waals surface area contributed by atoms with Crippen LogP contribution in [0.3, 0.4) is 0 Å². The largest absolute Gasteiger partial charge is 0.497 e. The van der Waals surface area contributed by atoms with Crippen molar-refractivity contribution in [1.82, 2.24) is 4.98 Å². The van der Waals surface area contributed by atoms with Crippen LogP contribution in [0.1, 0.15) is 34.7 Å². The van der Waals surface area contributed by atoms with E-state index in [-0.39, 0.29) is 24.5 Å². The van der Waals surface area contributed by atoms with Gasteiger partial charge in [-0.2, -0.15) is 0 Å². The fourth-order valence-corrected chi connectivity index (χ4v) is 2.08. The van der Waals surface area contributed by atoms with Crippen molar-refractivity contribution in [3.05, 3.63) is 29.5 Å². The first-order chi connectivity index (χ1) is 10.1. The van der Waals surface area contributed by atoms with Gasteiger partial charge in [0.25, 0.3) is 0 Å². The Balaban J connectivity index is 2.61. The van der Waals surface area contributed by atoms with Gasteiger partial charge in [0.15, 0.2) is 0 Å². The fraction of sp³-hybridized carbons (Fsp3) is 0.333. The zero-order valence-electron chi connectivity index (χ0n) is 12.2. The van der Waals surface area contributed by atoms with E-state index in [9.17, 15) is 9.59 Å². The summed E-state index contributed by atoms with van der Waals surface area (Å²) in [6, 6.07) is 5.13. The van der Waals surface area contributed by atoms with Crippen LogP contribution < -0.4 is 4.74 Å². The van der Waals surface area contributed by atoms with Crippen molar-refractivity contribution in [1.29, 1.82) is 0 Å². The summed E-state index contributed by atoms with van der Waals surface area (Å²) >= 11 is 0. The number of benzene rings is 1. The third kappa shape index (κ3) is 2.84. The monoisotopic (exact) mass is 291 g/mol. The first kappa shape index (κ1) is 14.9. The maximum atomic E-state index is 12.1. The molecule has 0 unspecified atom stereocenters. The van der Waals surface area contributed by atoms with Crippen LogP contribution >= 0.6 is 0 Å². The van der Waals surface area contributed by atoms with Gasteiger partial charge in [-0.15, -0.1) is 0 Å². The number of H-pyrrole nitrogens is 1. The van der Waals surface area contributed by atoms with Gasteiger partial charge >= 0.3 is 11.9 Å². The molecule has 6 nitrogen and oxygen atoms in total. The third-order valence-corrected chi connectivity index (χ3v) is 2.96. The molecule has 0 atom stereocenters. The van der Waals surface area contributed by atoms with Gasteiger partial charge < -0.3 is 19.2 Å². The Morgan fingerprint density at radius 1 is 1.10 bits per heavy atom. The molecule has 2 aromatic rings. The van der Waals surface area contributed by atoms with Gasteiger partial charge in [-0.1, -0.05) is 0 Å². The Bertz CT molecular complexity index is 674. The number of hydrogen-bond acceptors (Lipinski definition) is 5. The average molecular weight is 291 g/mol. The second-order valence-corrected chi connectivity index (χ2v) is 4.23. The fourth-order valence-electron chi connectivity index (χ4n) is 2.08. The standard InChI is InChI=1S/C15H17NO5/c1-4-20-14(17)12-10-7-6-9(19-3)8-11(10)16-13(12)15(18)21-5-2/h6-8,16H,4-5H2,1-3H3. The van der Waals surface area contributed by atoms with Crippen LogP contribution in [0.15, 0.2) is 18.2 Å². The number of nitrogens with one attached hydrogen (secondary N) is 1. The Hall–Kier alpha value is -2.50. The first-order valence-corrected chi connectivity index (χ1v) is 6.66. The van der Waals surface area contributed by atoms with Gasteiger partial charge in [-0.3, -0.25) is 0 Å². The first-order valence-electron chi connectivity index (χ1n) is 6.66. The molecule has 0 fully saturated rings. The highest BCUT2D eigenvalue weighted by Gasteiger charge is 2.25. The van der Waals surface area contributed by atoms with Crippen LogP contribution in [0.4, 0.5) is 0 Å². The molecular weight excluding hydrogens is 274 g/mol. The van der Waals surface area contributed by atoms with Gasteiger partial charge in [0.2, 0.25) is 0 Å². The summed E-state index contributed by atoms with van der Waals surface area (Å²) < 4.78 is 15.1. The van der Waals surface area contributed by atoms with Gasteiger partial charge in [0.1, 0.15) is 11.4 Å². The molecule has 1 aromatic carbocycles. The molecule has 0 spiro atoms. The van der Waals surface area contributed by atoms with E-state index < -0.39 is 11.9 Å². The SMILES string of the molecule is CCOC(=O)c1[nH]c2cc(OC)ccc2c1C(=O)OCC. The van der Waals surface area contributed by atoms with Crippen LogP contribution in [0.25, 0.3) is 10.9 Å². The molecule has 21 heavy (non-hydrogen) atoms. The van der Waals surface area contributed by atoms with Crippen LogP contribution in [0.2, 0.25) is 0 Å². The zero-order chi connectivity index (χ0) is 15.4. The zero-order valence-corrected chi connectivity index (χ0v) is 12.2. The Labute approximate surface area is 122 Å². The molecule has 0 amide bonds. The minimum atomic E-state index is -0.587. The van der Waals surface area contributed by atoms with Crippen LogP contribution in [0.5, 0.6) is 5.75 Å². The second-order valence-electron chi connectivity index (χ2n) is 4.23. The van der Waals surface area contributed by atoms with E-state index in [0.29, 0.717) is 16.7 Å². The van der Waals surface area contributed by atoms with E-state index in [2.05, 4.69) is 4.98 Å². The topological polar surface area (TPSA) is 77.6 Å². The maximum absolute atomic E-state index is 12.1. The molecule has 0 saturated heterocycles. The number of aromatic amines is 1. The van der Waals surface area contributed by atoms with Crippen LogP contribution in [-0.4, -0.2) is 37.2 Å². The number of rotatable bonds is 5. The molecule has 112 valence electrons. The lowest BCUT2D eigenvalue weighted by Gasteiger charge is -2.04. The minimum absolute atomic E-state index is 0.0959. The van der Waals surface area contributed by atoms with E-state index in [4.69, 9.17) is 14.2 Å². The molecule has 0 saturated carbocycles. The summed E-state index contributed by atoms with van der Waals surface area (Å²) in [5, 5.41) is 0.595. The minimum Gasteiger partial charge on any atom is -0.497 e. The number of ether oxygens (including phenoxy) is 3. The molecule has 6 heteroatoms. The molecule has 0 aliphatic heterocycles. The molecule has 0 aliphatic carbocycles. The van der Waals surface area contributed by atoms with Crippen molar-refractivity contribution in [2.75, 3.05) is 20.3 Å². The van der Waals surface area contributed by atoms with E-state index in [1.54, 1.807) is 39.2 Å². The quantitative estimate of drug-likeness (QED) is 0.856. The molecular formula is C15H17NO5. The molecule has 0 radical (unpaired) electrons. The highest BCUT2D eigenvalue weighted by Crippen LogP contribution is 2.27. The second kappa shape index (κ2) is 6.30. The summed E-state index contributed by atoms with van der Waals surface area (Å²) in [7, 11) is 1.54. The number of carbonyl (C=O) groups is 2. The molecule has 1 aromatic heterocycles. The van der Waals surface area contributed by atoms with E-state index >= 15 is 0 Å². The lowest BCUT2D eigenvalue weighted by atomic mass is 10.1. The van der Waals surface area contributed by atoms with Crippen molar-refractivity contribution < 1.29 is 23.8 Å². The van der Waals surface area contributed by atoms with Crippen molar-refractivity contribution in [2.24, 2.45) is 0 Å². The smallest absolute Gasteiger partial charge is 0.355 e. The lowest BCUT2D eigenvalue weighted by molar-refractivity contribution is 0.0477. The van der Waals surface area contributed by atoms with Gasteiger partial charge in [0.05, 0.1) is 31.4 Å². The predicted molar refractivity (Wildman–Crippen MR) is 76.8 cm³/mol. The summed E-state index contributed by atoms with van der Waals surface area (Å²) in [5.41, 5.74) is 0.895. The molecule has 2 rings (SSSR count). The summed E-state index contributed by atoms with van der Waals surface area (Å²) in [4.78, 5) is 27.0. The highest BCUT2D eigenvalue weighted by atomic mass is 16.5. The van der Waals surface area contributed by atoms with E-state index in [0.717, 1.165) is 0 Å². The normalized spacial score (nSPS) is 10.4. The molecule has 0 bridgehead atoms. The highest BCUT2D eigenvalue weighted by molar-refractivity contribution is 6.12. The lowest BCUT2D eigenvalue weighted by Crippen LogP contribution is -2.13. The third-order valence-electron chi connectivity index (χ3n) is 2.96. The number of esters is 2. The van der Waals surface area contributed by atoms with Crippen molar-refractivity contribution in [2.45, 2.75) is 13.8 Å². The number of hydrogen-bond donors (Lipinski definition) is 1. The van der Waals surface area contributed by atoms with Crippen molar-refractivity contribution in [3.8, 4) is 5.75 Å². The Kier molecular flexibility index (Phi) is 4.47. The van der Waals surface area contributed by atoms with Crippen molar-refractivity contribution in [3.63, 3.8) is 0 Å². The van der Waals surface area contributed by atoms with Crippen LogP contribution in [-0.2, 0) is 9.47 Å². The number of aromatic nitrogens is 1. The van der Waals surface area contributed by atoms with Crippen molar-refractivity contribution >= 4 is 22.8 Å². The van der Waals surface area contributed by atoms with Gasteiger partial charge in [0, 0.05) is 11.5 Å². The number of carbonyl (C=O) groups excluding carboxylic acids is 2. The molecule has 1 N–H and O–H groups in total. The number of methoxy groups -OCH3 is 1. The predicted octanol–water partition coefficient (Wildman–Crippen LogP) is 2.53. The molecule has 1 heterocycles. The van der Waals surface area contributed by atoms with Crippen LogP contribution in [0, 0.1) is 0 Å². The Morgan fingerprint density at radius 3 is 2.38 bits per heavy atom. The van der Waals surface area contributed by atoms with Gasteiger partial charge in [-0.25, -0.2) is 9.59 Å². The summed E-state index contributed by atoms with van der Waals surface area (Å²) in [6.07, 6.45) is 0. The summed E-state index contributed by atoms with van der Waals surface area (Å²) in [5.74, 6) is -0.526. The van der Waals surface area contributed by atoms with E-state index in [1.807, 2.05) is 0 Å². The van der Waals surface area contributed by atoms with E-state index in [1.165, 1.54) is 0 Å². The average Bonchev–Trinajstić information content (AvgIpc) is 2.86. The number of fused-ring (bicyclic) bond motifs is 1. The Morgan fingerprint density at radius 2 is 1.76 bits per heavy atom. The molecule has 0 aliphatic rings. The summed E-state index contributed by atoms with van der Waals surface area (Å²) in [6.45, 7) is 3.86.